The largest absolute Gasteiger partial charge is 0.480 e. The number of rotatable bonds is 7. The van der Waals surface area contributed by atoms with E-state index in [4.69, 9.17) is 15.6 Å². The third kappa shape index (κ3) is 5.57. The van der Waals surface area contributed by atoms with Gasteiger partial charge in [0, 0.05) is 25.6 Å². The molecule has 0 radical (unpaired) electrons. The Balaban J connectivity index is 2.56. The molecule has 0 aromatic rings. The van der Waals surface area contributed by atoms with Crippen molar-refractivity contribution in [2.75, 3.05) is 26.8 Å². The minimum absolute atomic E-state index is 0.191. The van der Waals surface area contributed by atoms with E-state index in [2.05, 4.69) is 0 Å². The molecule has 0 aromatic heterocycles. The number of hydrogen-bond acceptors (Lipinski definition) is 4. The normalized spacial score (nSPS) is 18.0. The molecule has 110 valence electrons. The van der Waals surface area contributed by atoms with Crippen molar-refractivity contribution >= 4 is 11.9 Å². The molecular weight excluding hydrogens is 248 g/mol. The highest BCUT2D eigenvalue weighted by atomic mass is 16.5. The summed E-state index contributed by atoms with van der Waals surface area (Å²) in [6.07, 6.45) is 5.15. The van der Waals surface area contributed by atoms with Crippen molar-refractivity contribution in [3.63, 3.8) is 0 Å². The molecule has 0 unspecified atom stereocenters. The van der Waals surface area contributed by atoms with E-state index in [0.717, 1.165) is 32.1 Å². The van der Waals surface area contributed by atoms with Crippen molar-refractivity contribution in [1.82, 2.24) is 4.90 Å². The fourth-order valence-electron chi connectivity index (χ4n) is 2.50. The summed E-state index contributed by atoms with van der Waals surface area (Å²) in [4.78, 5) is 24.3. The molecule has 19 heavy (non-hydrogen) atoms. The fraction of sp³-hybridized carbons (Fsp3) is 0.846. The zero-order chi connectivity index (χ0) is 14.3. The van der Waals surface area contributed by atoms with Crippen LogP contribution in [0.1, 0.15) is 38.5 Å². The first-order chi connectivity index (χ1) is 8.97. The Bertz CT molecular complexity index is 314. The first-order valence-corrected chi connectivity index (χ1v) is 6.74. The number of ether oxygens (including phenoxy) is 1. The monoisotopic (exact) mass is 272 g/mol. The van der Waals surface area contributed by atoms with Crippen LogP contribution >= 0.6 is 0 Å². The van der Waals surface area contributed by atoms with Gasteiger partial charge in [-0.1, -0.05) is 19.3 Å². The highest BCUT2D eigenvalue weighted by molar-refractivity contribution is 5.82. The summed E-state index contributed by atoms with van der Waals surface area (Å²) >= 11 is 0. The third-order valence-electron chi connectivity index (χ3n) is 3.60. The number of methoxy groups -OCH3 is 1. The van der Waals surface area contributed by atoms with Crippen LogP contribution in [-0.4, -0.2) is 54.2 Å². The van der Waals surface area contributed by atoms with Crippen LogP contribution in [0.2, 0.25) is 0 Å². The average molecular weight is 272 g/mol. The molecule has 0 bridgehead atoms. The van der Waals surface area contributed by atoms with Crippen LogP contribution in [-0.2, 0) is 14.3 Å². The minimum atomic E-state index is -1.01. The summed E-state index contributed by atoms with van der Waals surface area (Å²) < 4.78 is 4.90. The second-order valence-corrected chi connectivity index (χ2v) is 5.30. The van der Waals surface area contributed by atoms with Crippen LogP contribution < -0.4 is 5.73 Å². The molecule has 3 N–H and O–H groups in total. The zero-order valence-electron chi connectivity index (χ0n) is 11.6. The number of carbonyl (C=O) groups is 2. The summed E-state index contributed by atoms with van der Waals surface area (Å²) in [6, 6.07) is 0. The maximum absolute atomic E-state index is 12.2. The lowest BCUT2D eigenvalue weighted by Gasteiger charge is -2.34. The molecule has 6 nitrogen and oxygen atoms in total. The number of nitrogens with zero attached hydrogens (tertiary/aromatic N) is 1. The molecule has 1 amide bonds. The number of carboxylic acids is 1. The van der Waals surface area contributed by atoms with Crippen molar-refractivity contribution in [3.05, 3.63) is 0 Å². The molecule has 6 heteroatoms. The first kappa shape index (κ1) is 15.9. The van der Waals surface area contributed by atoms with Gasteiger partial charge in [-0.15, -0.1) is 0 Å². The quantitative estimate of drug-likeness (QED) is 0.708. The Labute approximate surface area is 113 Å². The predicted molar refractivity (Wildman–Crippen MR) is 70.7 cm³/mol. The molecule has 1 fully saturated rings. The standard InChI is InChI=1S/C13H24N2O4/c1-19-8-7-15(10-12(17)18)11(16)9-13(14)5-3-2-4-6-13/h2-10,14H2,1H3,(H,17,18). The van der Waals surface area contributed by atoms with Crippen LogP contribution in [0.5, 0.6) is 0 Å². The number of nitrogens with two attached hydrogens (primary N) is 1. The second-order valence-electron chi connectivity index (χ2n) is 5.30. The molecule has 1 aliphatic carbocycles. The Kier molecular flexibility index (Phi) is 6.24. The Morgan fingerprint density at radius 3 is 2.47 bits per heavy atom. The van der Waals surface area contributed by atoms with E-state index in [0.29, 0.717) is 6.61 Å². The SMILES string of the molecule is COCCN(CC(=O)O)C(=O)CC1(N)CCCCC1. The highest BCUT2D eigenvalue weighted by Crippen LogP contribution is 2.29. The number of hydrogen-bond donors (Lipinski definition) is 2. The van der Waals surface area contributed by atoms with Gasteiger partial charge in [0.25, 0.3) is 0 Å². The molecule has 0 atom stereocenters. The van der Waals surface area contributed by atoms with Crippen molar-refractivity contribution in [2.24, 2.45) is 5.73 Å². The summed E-state index contributed by atoms with van der Waals surface area (Å²) in [6.45, 7) is 0.326. The lowest BCUT2D eigenvalue weighted by atomic mass is 9.80. The Hall–Kier alpha value is -1.14. The molecule has 0 aromatic carbocycles. The molecule has 1 aliphatic rings. The van der Waals surface area contributed by atoms with E-state index in [9.17, 15) is 9.59 Å². The number of amides is 1. The molecule has 0 spiro atoms. The number of carboxylic acid groups (broad SMARTS) is 1. The summed E-state index contributed by atoms with van der Waals surface area (Å²) in [7, 11) is 1.52. The Morgan fingerprint density at radius 2 is 1.95 bits per heavy atom. The van der Waals surface area contributed by atoms with Gasteiger partial charge in [-0.25, -0.2) is 0 Å². The van der Waals surface area contributed by atoms with E-state index in [1.54, 1.807) is 0 Å². The van der Waals surface area contributed by atoms with E-state index >= 15 is 0 Å². The van der Waals surface area contributed by atoms with E-state index in [1.165, 1.54) is 12.0 Å². The molecule has 0 saturated heterocycles. The smallest absolute Gasteiger partial charge is 0.323 e. The van der Waals surface area contributed by atoms with E-state index in [-0.39, 0.29) is 25.4 Å². The lowest BCUT2D eigenvalue weighted by Crippen LogP contribution is -2.48. The van der Waals surface area contributed by atoms with Crippen LogP contribution in [0.15, 0.2) is 0 Å². The van der Waals surface area contributed by atoms with Gasteiger partial charge in [0.05, 0.1) is 6.61 Å². The Morgan fingerprint density at radius 1 is 1.32 bits per heavy atom. The van der Waals surface area contributed by atoms with Gasteiger partial charge in [-0.2, -0.15) is 0 Å². The lowest BCUT2D eigenvalue weighted by molar-refractivity contribution is -0.145. The minimum Gasteiger partial charge on any atom is -0.480 e. The maximum Gasteiger partial charge on any atom is 0.323 e. The topological polar surface area (TPSA) is 92.9 Å². The molecule has 0 aliphatic heterocycles. The second kappa shape index (κ2) is 7.45. The fourth-order valence-corrected chi connectivity index (χ4v) is 2.50. The highest BCUT2D eigenvalue weighted by Gasteiger charge is 2.32. The third-order valence-corrected chi connectivity index (χ3v) is 3.60. The van der Waals surface area contributed by atoms with E-state index in [1.807, 2.05) is 0 Å². The van der Waals surface area contributed by atoms with Gasteiger partial charge < -0.3 is 20.5 Å². The number of aliphatic carboxylic acids is 1. The van der Waals surface area contributed by atoms with Gasteiger partial charge in [0.15, 0.2) is 0 Å². The maximum atomic E-state index is 12.2. The van der Waals surface area contributed by atoms with Crippen LogP contribution in [0.4, 0.5) is 0 Å². The molecular formula is C13H24N2O4. The van der Waals surface area contributed by atoms with Gasteiger partial charge in [0.1, 0.15) is 6.54 Å². The van der Waals surface area contributed by atoms with E-state index < -0.39 is 11.5 Å². The van der Waals surface area contributed by atoms with Crippen molar-refractivity contribution in [1.29, 1.82) is 0 Å². The van der Waals surface area contributed by atoms with Gasteiger partial charge >= 0.3 is 5.97 Å². The molecule has 1 rings (SSSR count). The molecule has 1 saturated carbocycles. The predicted octanol–water partition coefficient (Wildman–Crippen LogP) is 0.598. The van der Waals surface area contributed by atoms with Crippen molar-refractivity contribution in [3.8, 4) is 0 Å². The van der Waals surface area contributed by atoms with Gasteiger partial charge in [-0.3, -0.25) is 9.59 Å². The van der Waals surface area contributed by atoms with Crippen molar-refractivity contribution in [2.45, 2.75) is 44.1 Å². The van der Waals surface area contributed by atoms with Gasteiger partial charge in [-0.05, 0) is 12.8 Å². The molecule has 0 heterocycles. The van der Waals surface area contributed by atoms with Crippen LogP contribution in [0, 0.1) is 0 Å². The zero-order valence-corrected chi connectivity index (χ0v) is 11.6. The van der Waals surface area contributed by atoms with Crippen molar-refractivity contribution < 1.29 is 19.4 Å². The summed E-state index contributed by atoms with van der Waals surface area (Å²) in [5.41, 5.74) is 5.77. The number of carbonyl (C=O) groups excluding carboxylic acids is 1. The van der Waals surface area contributed by atoms with Gasteiger partial charge in [0.2, 0.25) is 5.91 Å². The summed E-state index contributed by atoms with van der Waals surface area (Å²) in [5.74, 6) is -1.21. The average Bonchev–Trinajstić information content (AvgIpc) is 2.34. The van der Waals surface area contributed by atoms with Crippen LogP contribution in [0.3, 0.4) is 0 Å². The summed E-state index contributed by atoms with van der Waals surface area (Å²) in [5, 5.41) is 8.84. The van der Waals surface area contributed by atoms with Crippen LogP contribution in [0.25, 0.3) is 0 Å². The first-order valence-electron chi connectivity index (χ1n) is 6.74.